The van der Waals surface area contributed by atoms with Gasteiger partial charge in [-0.15, -0.1) is 0 Å². The van der Waals surface area contributed by atoms with E-state index in [-0.39, 0.29) is 57.5 Å². The number of hydrogen-bond acceptors (Lipinski definition) is 4. The summed E-state index contributed by atoms with van der Waals surface area (Å²) in [6.45, 7) is 4.02. The zero-order valence-corrected chi connectivity index (χ0v) is 24.3. The number of aliphatic hydroxyl groups excluding tert-OH is 1. The van der Waals surface area contributed by atoms with Gasteiger partial charge in [0.25, 0.3) is 0 Å². The summed E-state index contributed by atoms with van der Waals surface area (Å²) in [7, 11) is -4.12. The van der Waals surface area contributed by atoms with Crippen LogP contribution in [0.15, 0.2) is 0 Å². The maximum absolute atomic E-state index is 11.0. The summed E-state index contributed by atoms with van der Waals surface area (Å²) in [5, 5.41) is 9.39. The fourth-order valence-electron chi connectivity index (χ4n) is 4.02. The van der Waals surface area contributed by atoms with E-state index in [0.29, 0.717) is 12.8 Å². The number of aliphatic hydroxyl groups is 1. The summed E-state index contributed by atoms with van der Waals surface area (Å²) in [5.74, 6) is 0. The fraction of sp³-hybridized carbons (Fsp3) is 1.00. The smallest absolute Gasteiger partial charge is 0.748 e. The summed E-state index contributed by atoms with van der Waals surface area (Å²) in [6, 6.07) is 0. The number of hydrogen-bond donors (Lipinski definition) is 1. The van der Waals surface area contributed by atoms with Crippen molar-refractivity contribution in [2.75, 3.05) is 0 Å². The molecular formula is C24H49KO4S. The van der Waals surface area contributed by atoms with Crippen LogP contribution < -0.4 is 51.4 Å². The van der Waals surface area contributed by atoms with Crippen LogP contribution in [0, 0.1) is 0 Å². The summed E-state index contributed by atoms with van der Waals surface area (Å²) in [6.07, 6.45) is 22.2. The van der Waals surface area contributed by atoms with Gasteiger partial charge in [0.15, 0.2) is 0 Å². The van der Waals surface area contributed by atoms with Gasteiger partial charge in [-0.25, -0.2) is 8.42 Å². The Morgan fingerprint density at radius 1 is 0.633 bits per heavy atom. The van der Waals surface area contributed by atoms with Crippen LogP contribution >= 0.6 is 0 Å². The Balaban J connectivity index is 0. The van der Waals surface area contributed by atoms with E-state index >= 15 is 0 Å². The molecule has 0 aliphatic heterocycles. The first-order valence-corrected chi connectivity index (χ1v) is 14.0. The predicted molar refractivity (Wildman–Crippen MR) is 123 cm³/mol. The van der Waals surface area contributed by atoms with Crippen LogP contribution in [0.2, 0.25) is 0 Å². The van der Waals surface area contributed by atoms with Crippen molar-refractivity contribution in [1.82, 2.24) is 0 Å². The van der Waals surface area contributed by atoms with Gasteiger partial charge < -0.3 is 9.66 Å². The van der Waals surface area contributed by atoms with E-state index < -0.39 is 15.4 Å². The maximum atomic E-state index is 11.0. The van der Waals surface area contributed by atoms with Crippen molar-refractivity contribution >= 4 is 10.1 Å². The Kier molecular flexibility index (Phi) is 26.6. The largest absolute Gasteiger partial charge is 1.00 e. The Bertz CT molecular complexity index is 442. The second-order valence-electron chi connectivity index (χ2n) is 8.85. The molecule has 0 rings (SSSR count). The SMILES string of the molecule is CCCCCCCCCCCCC(O)CCCCCCCCC(CC)S(=O)(=O)[O-].[K+]. The van der Waals surface area contributed by atoms with Gasteiger partial charge in [-0.05, 0) is 25.7 Å². The van der Waals surface area contributed by atoms with Crippen molar-refractivity contribution in [1.29, 1.82) is 0 Å². The van der Waals surface area contributed by atoms with Crippen LogP contribution in [-0.2, 0) is 10.1 Å². The zero-order chi connectivity index (χ0) is 21.8. The van der Waals surface area contributed by atoms with Crippen LogP contribution in [0.4, 0.5) is 0 Å². The average molecular weight is 473 g/mol. The van der Waals surface area contributed by atoms with Crippen molar-refractivity contribution < 1.29 is 69.5 Å². The third kappa shape index (κ3) is 22.7. The molecule has 0 saturated heterocycles. The van der Waals surface area contributed by atoms with E-state index in [1.807, 2.05) is 0 Å². The number of rotatable bonds is 22. The summed E-state index contributed by atoms with van der Waals surface area (Å²) in [5.41, 5.74) is 0. The quantitative estimate of drug-likeness (QED) is 0.146. The van der Waals surface area contributed by atoms with E-state index in [9.17, 15) is 18.1 Å². The predicted octanol–water partition coefficient (Wildman–Crippen LogP) is 4.11. The number of unbranched alkanes of at least 4 members (excludes halogenated alkanes) is 14. The maximum Gasteiger partial charge on any atom is 1.00 e. The van der Waals surface area contributed by atoms with E-state index in [2.05, 4.69) is 6.92 Å². The third-order valence-electron chi connectivity index (χ3n) is 6.07. The molecule has 0 bridgehead atoms. The van der Waals surface area contributed by atoms with Crippen LogP contribution in [0.1, 0.15) is 142 Å². The normalized spacial score (nSPS) is 13.7. The van der Waals surface area contributed by atoms with Gasteiger partial charge in [-0.1, -0.05) is 117 Å². The molecule has 0 aromatic rings. The first-order valence-electron chi connectivity index (χ1n) is 12.5. The summed E-state index contributed by atoms with van der Waals surface area (Å²) >= 11 is 0. The van der Waals surface area contributed by atoms with Gasteiger partial charge in [0.05, 0.1) is 16.2 Å². The molecule has 0 amide bonds. The van der Waals surface area contributed by atoms with Crippen molar-refractivity contribution in [3.05, 3.63) is 0 Å². The second kappa shape index (κ2) is 23.7. The van der Waals surface area contributed by atoms with Gasteiger partial charge in [-0.3, -0.25) is 0 Å². The van der Waals surface area contributed by atoms with Crippen molar-refractivity contribution in [2.24, 2.45) is 0 Å². The van der Waals surface area contributed by atoms with Crippen molar-refractivity contribution in [2.45, 2.75) is 154 Å². The fourth-order valence-corrected chi connectivity index (χ4v) is 4.89. The molecule has 2 unspecified atom stereocenters. The van der Waals surface area contributed by atoms with Crippen molar-refractivity contribution in [3.8, 4) is 0 Å². The van der Waals surface area contributed by atoms with Gasteiger partial charge in [-0.2, -0.15) is 0 Å². The van der Waals surface area contributed by atoms with Gasteiger partial charge in [0, 0.05) is 5.25 Å². The molecule has 1 N–H and O–H groups in total. The minimum absolute atomic E-state index is 0. The van der Waals surface area contributed by atoms with Crippen molar-refractivity contribution in [3.63, 3.8) is 0 Å². The molecule has 30 heavy (non-hydrogen) atoms. The topological polar surface area (TPSA) is 77.4 Å². The summed E-state index contributed by atoms with van der Waals surface area (Å²) in [4.78, 5) is 0. The molecule has 0 aliphatic rings. The van der Waals surface area contributed by atoms with Gasteiger partial charge in [0.1, 0.15) is 0 Å². The van der Waals surface area contributed by atoms with Crippen LogP contribution in [0.25, 0.3) is 0 Å². The molecule has 0 aliphatic carbocycles. The Morgan fingerprint density at radius 3 is 1.30 bits per heavy atom. The minimum Gasteiger partial charge on any atom is -0.748 e. The summed E-state index contributed by atoms with van der Waals surface area (Å²) < 4.78 is 33.1. The van der Waals surface area contributed by atoms with E-state index in [4.69, 9.17) is 0 Å². The van der Waals surface area contributed by atoms with Gasteiger partial charge in [0.2, 0.25) is 0 Å². The Hall–Kier alpha value is 1.51. The molecule has 4 nitrogen and oxygen atoms in total. The molecule has 0 radical (unpaired) electrons. The molecule has 6 heteroatoms. The zero-order valence-electron chi connectivity index (χ0n) is 20.4. The van der Waals surface area contributed by atoms with Crippen LogP contribution in [-0.4, -0.2) is 29.4 Å². The second-order valence-corrected chi connectivity index (χ2v) is 10.5. The molecule has 176 valence electrons. The molecule has 0 saturated carbocycles. The minimum atomic E-state index is -4.12. The Labute approximate surface area is 230 Å². The van der Waals surface area contributed by atoms with Crippen LogP contribution in [0.3, 0.4) is 0 Å². The molecule has 2 atom stereocenters. The molecule has 0 heterocycles. The molecule has 0 fully saturated rings. The molecule has 0 spiro atoms. The average Bonchev–Trinajstić information content (AvgIpc) is 2.67. The molecule has 0 aromatic carbocycles. The molecular weight excluding hydrogens is 423 g/mol. The first-order chi connectivity index (χ1) is 13.9. The van der Waals surface area contributed by atoms with E-state index in [1.165, 1.54) is 57.8 Å². The third-order valence-corrected chi connectivity index (χ3v) is 7.45. The Morgan fingerprint density at radius 2 is 0.967 bits per heavy atom. The van der Waals surface area contributed by atoms with Crippen LogP contribution in [0.5, 0.6) is 0 Å². The molecule has 0 aromatic heterocycles. The monoisotopic (exact) mass is 472 g/mol. The van der Waals surface area contributed by atoms with E-state index in [1.54, 1.807) is 6.92 Å². The van der Waals surface area contributed by atoms with Gasteiger partial charge >= 0.3 is 51.4 Å². The van der Waals surface area contributed by atoms with E-state index in [0.717, 1.165) is 57.8 Å². The standard InChI is InChI=1S/C24H50O4S.K/c1-3-5-6-7-8-9-10-11-14-17-20-23(25)21-18-15-12-13-16-19-22-24(4-2)29(26,27)28;/h23-25H,3-22H2,1-2H3,(H,26,27,28);/q;+1/p-1. The first kappa shape index (κ1) is 33.7.